The molecule has 2 N–H and O–H groups in total. The molecule has 0 saturated carbocycles. The quantitative estimate of drug-likeness (QED) is 0.477. The van der Waals surface area contributed by atoms with Gasteiger partial charge in [0.15, 0.2) is 0 Å². The van der Waals surface area contributed by atoms with E-state index in [1.807, 2.05) is 56.1 Å². The maximum Gasteiger partial charge on any atom is 0.0671 e. The zero-order valence-electron chi connectivity index (χ0n) is 12.9. The Hall–Kier alpha value is -1.71. The molecule has 22 heavy (non-hydrogen) atoms. The van der Waals surface area contributed by atoms with Crippen LogP contribution in [0.1, 0.15) is 25.0 Å². The van der Waals surface area contributed by atoms with Gasteiger partial charge in [0.1, 0.15) is 0 Å². The normalized spacial score (nSPS) is 11.6. The third kappa shape index (κ3) is 3.93. The van der Waals surface area contributed by atoms with Crippen LogP contribution in [0, 0.1) is 6.92 Å². The number of benzene rings is 2. The van der Waals surface area contributed by atoms with Crippen LogP contribution >= 0.6 is 23.2 Å². The second kappa shape index (κ2) is 7.03. The standard InChI is InChI=1S/C17H19Cl2N3/c1-4-22(15-9-13(18)8-14(19)10-15)21-12(3)16-7-11(2)5-6-17(16)20/h5-10H,4,20H2,1-3H3/b21-12+. The second-order valence-electron chi connectivity index (χ2n) is 5.12. The van der Waals surface area contributed by atoms with E-state index in [0.717, 1.165) is 22.5 Å². The molecule has 0 aliphatic rings. The fourth-order valence-electron chi connectivity index (χ4n) is 2.22. The second-order valence-corrected chi connectivity index (χ2v) is 5.99. The summed E-state index contributed by atoms with van der Waals surface area (Å²) in [5, 5.41) is 7.70. The van der Waals surface area contributed by atoms with E-state index in [4.69, 9.17) is 28.9 Å². The number of nitrogen functional groups attached to an aromatic ring is 1. The van der Waals surface area contributed by atoms with Crippen LogP contribution in [0.4, 0.5) is 11.4 Å². The molecule has 0 heterocycles. The maximum atomic E-state index is 6.07. The van der Waals surface area contributed by atoms with Crippen molar-refractivity contribution in [2.45, 2.75) is 20.8 Å². The molecule has 3 nitrogen and oxygen atoms in total. The largest absolute Gasteiger partial charge is 0.398 e. The molecule has 116 valence electrons. The Balaban J connectivity index is 2.41. The van der Waals surface area contributed by atoms with Crippen LogP contribution in [0.15, 0.2) is 41.5 Å². The van der Waals surface area contributed by atoms with E-state index in [2.05, 4.69) is 5.10 Å². The topological polar surface area (TPSA) is 41.6 Å². The average molecular weight is 336 g/mol. The Kier molecular flexibility index (Phi) is 5.33. The molecule has 2 aromatic rings. The number of hydrogen-bond acceptors (Lipinski definition) is 3. The van der Waals surface area contributed by atoms with Gasteiger partial charge in [-0.1, -0.05) is 34.8 Å². The fourth-order valence-corrected chi connectivity index (χ4v) is 2.73. The zero-order chi connectivity index (χ0) is 16.3. The molecule has 0 bridgehead atoms. The van der Waals surface area contributed by atoms with Crippen molar-refractivity contribution >= 4 is 40.3 Å². The van der Waals surface area contributed by atoms with E-state index < -0.39 is 0 Å². The number of anilines is 2. The summed E-state index contributed by atoms with van der Waals surface area (Å²) in [7, 11) is 0. The summed E-state index contributed by atoms with van der Waals surface area (Å²) in [4.78, 5) is 0. The Morgan fingerprint density at radius 3 is 2.36 bits per heavy atom. The van der Waals surface area contributed by atoms with Gasteiger partial charge in [-0.05, 0) is 51.1 Å². The molecule has 0 atom stereocenters. The molecule has 0 radical (unpaired) electrons. The monoisotopic (exact) mass is 335 g/mol. The van der Waals surface area contributed by atoms with Gasteiger partial charge in [-0.25, -0.2) is 0 Å². The number of aryl methyl sites for hydroxylation is 1. The van der Waals surface area contributed by atoms with E-state index in [0.29, 0.717) is 22.3 Å². The van der Waals surface area contributed by atoms with Crippen molar-refractivity contribution in [3.63, 3.8) is 0 Å². The van der Waals surface area contributed by atoms with Crippen LogP contribution in [-0.4, -0.2) is 12.3 Å². The highest BCUT2D eigenvalue weighted by atomic mass is 35.5. The van der Waals surface area contributed by atoms with Crippen LogP contribution < -0.4 is 10.7 Å². The van der Waals surface area contributed by atoms with E-state index >= 15 is 0 Å². The lowest BCUT2D eigenvalue weighted by Crippen LogP contribution is -2.18. The smallest absolute Gasteiger partial charge is 0.0671 e. The predicted octanol–water partition coefficient (Wildman–Crippen LogP) is 5.13. The summed E-state index contributed by atoms with van der Waals surface area (Å²) in [6, 6.07) is 11.3. The van der Waals surface area contributed by atoms with Gasteiger partial charge >= 0.3 is 0 Å². The summed E-state index contributed by atoms with van der Waals surface area (Å²) in [5.41, 5.74) is 10.5. The number of nitrogens with two attached hydrogens (primary N) is 1. The molecule has 0 aromatic heterocycles. The van der Waals surface area contributed by atoms with Gasteiger partial charge in [-0.15, -0.1) is 0 Å². The Bertz CT molecular complexity index is 691. The van der Waals surface area contributed by atoms with E-state index in [9.17, 15) is 0 Å². The Morgan fingerprint density at radius 1 is 1.14 bits per heavy atom. The van der Waals surface area contributed by atoms with Gasteiger partial charge in [-0.2, -0.15) is 5.10 Å². The van der Waals surface area contributed by atoms with Crippen molar-refractivity contribution in [2.75, 3.05) is 17.3 Å². The first kappa shape index (κ1) is 16.7. The van der Waals surface area contributed by atoms with Gasteiger partial charge in [0.2, 0.25) is 0 Å². The zero-order valence-corrected chi connectivity index (χ0v) is 14.4. The van der Waals surface area contributed by atoms with Gasteiger partial charge in [0.05, 0.1) is 11.4 Å². The first-order chi connectivity index (χ1) is 10.4. The van der Waals surface area contributed by atoms with Crippen molar-refractivity contribution in [1.82, 2.24) is 0 Å². The minimum absolute atomic E-state index is 0.587. The van der Waals surface area contributed by atoms with Crippen LogP contribution in [-0.2, 0) is 0 Å². The van der Waals surface area contributed by atoms with Crippen molar-refractivity contribution in [3.05, 3.63) is 57.6 Å². The molecule has 0 aliphatic carbocycles. The Morgan fingerprint density at radius 2 is 1.77 bits per heavy atom. The van der Waals surface area contributed by atoms with Crippen LogP contribution in [0.25, 0.3) is 0 Å². The fraction of sp³-hybridized carbons (Fsp3) is 0.235. The lowest BCUT2D eigenvalue weighted by atomic mass is 10.1. The summed E-state index contributed by atoms with van der Waals surface area (Å²) in [5.74, 6) is 0. The third-order valence-electron chi connectivity index (χ3n) is 3.31. The average Bonchev–Trinajstić information content (AvgIpc) is 2.46. The number of rotatable bonds is 4. The highest BCUT2D eigenvalue weighted by Gasteiger charge is 2.09. The molecule has 0 unspecified atom stereocenters. The molecule has 5 heteroatoms. The number of nitrogens with zero attached hydrogens (tertiary/aromatic N) is 2. The molecule has 2 aromatic carbocycles. The van der Waals surface area contributed by atoms with Crippen LogP contribution in [0.3, 0.4) is 0 Å². The molecule has 0 saturated heterocycles. The summed E-state index contributed by atoms with van der Waals surface area (Å²) in [6.45, 7) is 6.69. The summed E-state index contributed by atoms with van der Waals surface area (Å²) < 4.78 is 0. The lowest BCUT2D eigenvalue weighted by Gasteiger charge is -2.19. The van der Waals surface area contributed by atoms with Crippen molar-refractivity contribution in [2.24, 2.45) is 5.10 Å². The SMILES string of the molecule is CCN(/N=C(\C)c1cc(C)ccc1N)c1cc(Cl)cc(Cl)c1. The highest BCUT2D eigenvalue weighted by molar-refractivity contribution is 6.35. The van der Waals surface area contributed by atoms with Gasteiger partial charge in [-0.3, -0.25) is 5.01 Å². The first-order valence-electron chi connectivity index (χ1n) is 7.06. The minimum atomic E-state index is 0.587. The van der Waals surface area contributed by atoms with Gasteiger partial charge in [0.25, 0.3) is 0 Å². The third-order valence-corrected chi connectivity index (χ3v) is 3.75. The molecular weight excluding hydrogens is 317 g/mol. The highest BCUT2D eigenvalue weighted by Crippen LogP contribution is 2.26. The van der Waals surface area contributed by atoms with Crippen molar-refractivity contribution < 1.29 is 0 Å². The molecule has 2 rings (SSSR count). The number of halogens is 2. The van der Waals surface area contributed by atoms with Crippen LogP contribution in [0.2, 0.25) is 10.0 Å². The maximum absolute atomic E-state index is 6.07. The van der Waals surface area contributed by atoms with E-state index in [1.54, 1.807) is 6.07 Å². The van der Waals surface area contributed by atoms with Gasteiger partial charge in [0, 0.05) is 27.8 Å². The molecule has 0 fully saturated rings. The first-order valence-corrected chi connectivity index (χ1v) is 7.81. The summed E-state index contributed by atoms with van der Waals surface area (Å²) >= 11 is 12.1. The lowest BCUT2D eigenvalue weighted by molar-refractivity contribution is 0.892. The summed E-state index contributed by atoms with van der Waals surface area (Å²) in [6.07, 6.45) is 0. The molecule has 0 spiro atoms. The number of hydrogen-bond donors (Lipinski definition) is 1. The molecule has 0 amide bonds. The van der Waals surface area contributed by atoms with Crippen molar-refractivity contribution in [1.29, 1.82) is 0 Å². The van der Waals surface area contributed by atoms with E-state index in [1.165, 1.54) is 0 Å². The predicted molar refractivity (Wildman–Crippen MR) is 97.3 cm³/mol. The van der Waals surface area contributed by atoms with Gasteiger partial charge < -0.3 is 5.73 Å². The van der Waals surface area contributed by atoms with Crippen molar-refractivity contribution in [3.8, 4) is 0 Å². The van der Waals surface area contributed by atoms with Crippen LogP contribution in [0.5, 0.6) is 0 Å². The van der Waals surface area contributed by atoms with E-state index in [-0.39, 0.29) is 0 Å². The number of hydrazone groups is 1. The minimum Gasteiger partial charge on any atom is -0.398 e. The molecular formula is C17H19Cl2N3. The Labute approximate surface area is 141 Å². The molecule has 0 aliphatic heterocycles.